The van der Waals surface area contributed by atoms with E-state index in [0.717, 1.165) is 15.1 Å². The van der Waals surface area contributed by atoms with Crippen LogP contribution in [-0.4, -0.2) is 11.7 Å². The first-order chi connectivity index (χ1) is 8.74. The molecule has 0 atom stereocenters. The standard InChI is InChI=1S/C14H12BrNOS/c15-11-5-4-6-12(9-11)16-14(17)10-18-13-7-2-1-3-8-13/h1-9H,10H2,(H,16,17). The zero-order chi connectivity index (χ0) is 12.8. The maximum atomic E-state index is 11.7. The molecule has 0 aliphatic heterocycles. The Morgan fingerprint density at radius 1 is 1.11 bits per heavy atom. The molecule has 0 radical (unpaired) electrons. The summed E-state index contributed by atoms with van der Waals surface area (Å²) in [6.07, 6.45) is 0. The fraction of sp³-hybridized carbons (Fsp3) is 0.0714. The minimum Gasteiger partial charge on any atom is -0.325 e. The van der Waals surface area contributed by atoms with Crippen molar-refractivity contribution in [2.24, 2.45) is 0 Å². The molecule has 0 heterocycles. The van der Waals surface area contributed by atoms with Crippen LogP contribution in [0.2, 0.25) is 0 Å². The van der Waals surface area contributed by atoms with Gasteiger partial charge in [-0.2, -0.15) is 0 Å². The van der Waals surface area contributed by atoms with Crippen LogP contribution >= 0.6 is 27.7 Å². The maximum Gasteiger partial charge on any atom is 0.234 e. The molecular weight excluding hydrogens is 310 g/mol. The topological polar surface area (TPSA) is 29.1 Å². The summed E-state index contributed by atoms with van der Waals surface area (Å²) in [6, 6.07) is 17.5. The number of carbonyl (C=O) groups excluding carboxylic acids is 1. The van der Waals surface area contributed by atoms with Gasteiger partial charge in [0.1, 0.15) is 0 Å². The summed E-state index contributed by atoms with van der Waals surface area (Å²) < 4.78 is 0.955. The monoisotopic (exact) mass is 321 g/mol. The maximum absolute atomic E-state index is 11.7. The Morgan fingerprint density at radius 3 is 2.61 bits per heavy atom. The molecule has 2 aromatic carbocycles. The molecule has 2 rings (SSSR count). The van der Waals surface area contributed by atoms with Crippen LogP contribution in [0.3, 0.4) is 0 Å². The molecule has 1 N–H and O–H groups in total. The van der Waals surface area contributed by atoms with Crippen molar-refractivity contribution in [3.8, 4) is 0 Å². The van der Waals surface area contributed by atoms with E-state index in [2.05, 4.69) is 21.2 Å². The van der Waals surface area contributed by atoms with Crippen molar-refractivity contribution < 1.29 is 4.79 Å². The summed E-state index contributed by atoms with van der Waals surface area (Å²) in [5.74, 6) is 0.415. The third kappa shape index (κ3) is 4.20. The quantitative estimate of drug-likeness (QED) is 0.856. The Kier molecular flexibility index (Phi) is 4.84. The molecule has 4 heteroatoms. The Hall–Kier alpha value is -1.26. The van der Waals surface area contributed by atoms with Crippen LogP contribution in [0.4, 0.5) is 5.69 Å². The molecular formula is C14H12BrNOS. The van der Waals surface area contributed by atoms with Gasteiger partial charge in [0.15, 0.2) is 0 Å². The number of nitrogens with one attached hydrogen (secondary N) is 1. The van der Waals surface area contributed by atoms with E-state index in [0.29, 0.717) is 5.75 Å². The minimum absolute atomic E-state index is 0.00181. The lowest BCUT2D eigenvalue weighted by molar-refractivity contribution is -0.113. The first-order valence-corrected chi connectivity index (χ1v) is 7.25. The van der Waals surface area contributed by atoms with Gasteiger partial charge in [-0.3, -0.25) is 4.79 Å². The van der Waals surface area contributed by atoms with E-state index < -0.39 is 0 Å². The number of thioether (sulfide) groups is 1. The van der Waals surface area contributed by atoms with Gasteiger partial charge < -0.3 is 5.32 Å². The number of rotatable bonds is 4. The van der Waals surface area contributed by atoms with E-state index in [1.54, 1.807) is 0 Å². The summed E-state index contributed by atoms with van der Waals surface area (Å²) in [6.45, 7) is 0. The Balaban J connectivity index is 1.86. The third-order valence-electron chi connectivity index (χ3n) is 2.22. The lowest BCUT2D eigenvalue weighted by Gasteiger charge is -2.05. The average Bonchev–Trinajstić information content (AvgIpc) is 2.38. The number of hydrogen-bond donors (Lipinski definition) is 1. The van der Waals surface area contributed by atoms with Gasteiger partial charge in [0.2, 0.25) is 5.91 Å². The lowest BCUT2D eigenvalue weighted by Crippen LogP contribution is -2.13. The van der Waals surface area contributed by atoms with Gasteiger partial charge in [-0.25, -0.2) is 0 Å². The van der Waals surface area contributed by atoms with Crippen LogP contribution in [0.15, 0.2) is 64.0 Å². The number of halogens is 1. The summed E-state index contributed by atoms with van der Waals surface area (Å²) in [7, 11) is 0. The predicted molar refractivity (Wildman–Crippen MR) is 79.9 cm³/mol. The summed E-state index contributed by atoms with van der Waals surface area (Å²) >= 11 is 4.90. The Bertz CT molecular complexity index is 530. The molecule has 0 unspecified atom stereocenters. The van der Waals surface area contributed by atoms with Crippen LogP contribution in [0.25, 0.3) is 0 Å². The van der Waals surface area contributed by atoms with Crippen molar-refractivity contribution in [2.45, 2.75) is 4.90 Å². The van der Waals surface area contributed by atoms with Crippen molar-refractivity contribution in [1.29, 1.82) is 0 Å². The SMILES string of the molecule is O=C(CSc1ccccc1)Nc1cccc(Br)c1. The van der Waals surface area contributed by atoms with Crippen LogP contribution in [0.5, 0.6) is 0 Å². The van der Waals surface area contributed by atoms with Crippen molar-refractivity contribution in [3.05, 3.63) is 59.1 Å². The summed E-state index contributed by atoms with van der Waals surface area (Å²) in [5, 5.41) is 2.86. The van der Waals surface area contributed by atoms with E-state index >= 15 is 0 Å². The Morgan fingerprint density at radius 2 is 1.89 bits per heavy atom. The highest BCUT2D eigenvalue weighted by Crippen LogP contribution is 2.19. The molecule has 0 saturated heterocycles. The predicted octanol–water partition coefficient (Wildman–Crippen LogP) is 4.18. The summed E-state index contributed by atoms with van der Waals surface area (Å²) in [4.78, 5) is 12.8. The highest BCUT2D eigenvalue weighted by molar-refractivity contribution is 9.10. The average molecular weight is 322 g/mol. The number of hydrogen-bond acceptors (Lipinski definition) is 2. The van der Waals surface area contributed by atoms with Crippen LogP contribution in [0, 0.1) is 0 Å². The second-order valence-electron chi connectivity index (χ2n) is 3.66. The van der Waals surface area contributed by atoms with E-state index in [1.807, 2.05) is 54.6 Å². The van der Waals surface area contributed by atoms with Crippen molar-refractivity contribution in [3.63, 3.8) is 0 Å². The molecule has 18 heavy (non-hydrogen) atoms. The fourth-order valence-corrected chi connectivity index (χ4v) is 2.55. The number of amides is 1. The van der Waals surface area contributed by atoms with Gasteiger partial charge >= 0.3 is 0 Å². The number of anilines is 1. The molecule has 0 saturated carbocycles. The van der Waals surface area contributed by atoms with Gasteiger partial charge in [0.25, 0.3) is 0 Å². The molecule has 0 spiro atoms. The molecule has 92 valence electrons. The molecule has 0 aliphatic rings. The number of carbonyl (C=O) groups is 1. The second-order valence-corrected chi connectivity index (χ2v) is 5.62. The van der Waals surface area contributed by atoms with Crippen molar-refractivity contribution in [2.75, 3.05) is 11.1 Å². The van der Waals surface area contributed by atoms with Crippen LogP contribution in [-0.2, 0) is 4.79 Å². The first-order valence-electron chi connectivity index (χ1n) is 5.47. The van der Waals surface area contributed by atoms with Crippen molar-refractivity contribution in [1.82, 2.24) is 0 Å². The second kappa shape index (κ2) is 6.61. The van der Waals surface area contributed by atoms with Crippen LogP contribution < -0.4 is 5.32 Å². The fourth-order valence-electron chi connectivity index (χ4n) is 1.43. The van der Waals surface area contributed by atoms with Crippen molar-refractivity contribution >= 4 is 39.3 Å². The molecule has 0 fully saturated rings. The van der Waals surface area contributed by atoms with E-state index in [4.69, 9.17) is 0 Å². The summed E-state index contributed by atoms with van der Waals surface area (Å²) in [5.41, 5.74) is 0.808. The molecule has 1 amide bonds. The zero-order valence-electron chi connectivity index (χ0n) is 9.60. The van der Waals surface area contributed by atoms with E-state index in [-0.39, 0.29) is 5.91 Å². The van der Waals surface area contributed by atoms with Gasteiger partial charge in [0.05, 0.1) is 5.75 Å². The number of benzene rings is 2. The Labute approximate surface area is 119 Å². The third-order valence-corrected chi connectivity index (χ3v) is 3.73. The van der Waals surface area contributed by atoms with E-state index in [1.165, 1.54) is 11.8 Å². The molecule has 0 bridgehead atoms. The minimum atomic E-state index is 0.00181. The molecule has 0 aliphatic carbocycles. The largest absolute Gasteiger partial charge is 0.325 e. The molecule has 2 aromatic rings. The smallest absolute Gasteiger partial charge is 0.234 e. The normalized spacial score (nSPS) is 10.1. The van der Waals surface area contributed by atoms with Gasteiger partial charge in [0, 0.05) is 15.1 Å². The zero-order valence-corrected chi connectivity index (χ0v) is 12.0. The van der Waals surface area contributed by atoms with Gasteiger partial charge in [-0.05, 0) is 30.3 Å². The first kappa shape index (κ1) is 13.2. The van der Waals surface area contributed by atoms with E-state index in [9.17, 15) is 4.79 Å². The van der Waals surface area contributed by atoms with Gasteiger partial charge in [-0.15, -0.1) is 11.8 Å². The van der Waals surface area contributed by atoms with Gasteiger partial charge in [-0.1, -0.05) is 40.2 Å². The molecule has 0 aromatic heterocycles. The highest BCUT2D eigenvalue weighted by Gasteiger charge is 2.03. The molecule has 2 nitrogen and oxygen atoms in total. The highest BCUT2D eigenvalue weighted by atomic mass is 79.9. The lowest BCUT2D eigenvalue weighted by atomic mass is 10.3. The van der Waals surface area contributed by atoms with Crippen LogP contribution in [0.1, 0.15) is 0 Å².